The Morgan fingerprint density at radius 3 is 2.85 bits per heavy atom. The maximum Gasteiger partial charge on any atom is 0.335 e. The van der Waals surface area contributed by atoms with Crippen molar-refractivity contribution in [3.63, 3.8) is 0 Å². The topological polar surface area (TPSA) is 75.6 Å². The van der Waals surface area contributed by atoms with Crippen molar-refractivity contribution in [1.82, 2.24) is 0 Å². The van der Waals surface area contributed by atoms with Crippen molar-refractivity contribution in [1.29, 1.82) is 0 Å². The van der Waals surface area contributed by atoms with Gasteiger partial charge in [0.05, 0.1) is 17.4 Å². The molecule has 1 heterocycles. The number of carbonyl (C=O) groups is 2. The van der Waals surface area contributed by atoms with Gasteiger partial charge in [-0.1, -0.05) is 0 Å². The molecule has 1 unspecified atom stereocenters. The number of rotatable bonds is 5. The van der Waals surface area contributed by atoms with Gasteiger partial charge in [-0.2, -0.15) is 0 Å². The summed E-state index contributed by atoms with van der Waals surface area (Å²) in [6.45, 7) is 0.734. The minimum atomic E-state index is -1.21. The van der Waals surface area contributed by atoms with Gasteiger partial charge >= 0.3 is 5.97 Å². The summed E-state index contributed by atoms with van der Waals surface area (Å²) < 4.78 is 19.0. The summed E-state index contributed by atoms with van der Waals surface area (Å²) in [6.07, 6.45) is 2.94. The second-order valence-electron chi connectivity index (χ2n) is 4.72. The smallest absolute Gasteiger partial charge is 0.335 e. The molecule has 0 aliphatic carbocycles. The molecular weight excluding hydrogens is 265 g/mol. The predicted molar refractivity (Wildman–Crippen MR) is 70.2 cm³/mol. The van der Waals surface area contributed by atoms with Gasteiger partial charge < -0.3 is 15.2 Å². The number of amides is 1. The molecule has 2 N–H and O–H groups in total. The highest BCUT2D eigenvalue weighted by Crippen LogP contribution is 2.19. The summed E-state index contributed by atoms with van der Waals surface area (Å²) in [5.74, 6) is -2.27. The summed E-state index contributed by atoms with van der Waals surface area (Å²) in [5, 5.41) is 11.2. The number of carbonyl (C=O) groups excluding carboxylic acids is 1. The molecule has 2 rings (SSSR count). The minimum Gasteiger partial charge on any atom is -0.478 e. The number of hydrogen-bond acceptors (Lipinski definition) is 3. The van der Waals surface area contributed by atoms with Crippen LogP contribution in [0.2, 0.25) is 0 Å². The molecule has 0 spiro atoms. The van der Waals surface area contributed by atoms with Crippen molar-refractivity contribution in [2.45, 2.75) is 31.8 Å². The third-order valence-electron chi connectivity index (χ3n) is 3.21. The fourth-order valence-corrected chi connectivity index (χ4v) is 2.13. The zero-order valence-corrected chi connectivity index (χ0v) is 10.9. The van der Waals surface area contributed by atoms with E-state index in [-0.39, 0.29) is 29.7 Å². The first-order chi connectivity index (χ1) is 9.56. The number of ether oxygens (including phenoxy) is 1. The molecule has 1 atom stereocenters. The molecule has 6 heteroatoms. The number of halogens is 1. The molecule has 108 valence electrons. The third kappa shape index (κ3) is 3.77. The number of carboxylic acid groups (broad SMARTS) is 1. The fraction of sp³-hybridized carbons (Fsp3) is 0.429. The molecule has 1 aromatic carbocycles. The monoisotopic (exact) mass is 281 g/mol. The number of benzene rings is 1. The average molecular weight is 281 g/mol. The Bertz CT molecular complexity index is 512. The lowest BCUT2D eigenvalue weighted by molar-refractivity contribution is -0.116. The van der Waals surface area contributed by atoms with E-state index in [1.54, 1.807) is 0 Å². The highest BCUT2D eigenvalue weighted by atomic mass is 19.1. The van der Waals surface area contributed by atoms with Gasteiger partial charge in [-0.05, 0) is 37.5 Å². The maximum absolute atomic E-state index is 13.6. The molecule has 0 radical (unpaired) electrons. The summed E-state index contributed by atoms with van der Waals surface area (Å²) in [5.41, 5.74) is -0.160. The zero-order valence-electron chi connectivity index (χ0n) is 10.9. The molecule has 1 aliphatic rings. The Kier molecular flexibility index (Phi) is 4.68. The van der Waals surface area contributed by atoms with Gasteiger partial charge in [0, 0.05) is 13.0 Å². The Labute approximate surface area is 115 Å². The van der Waals surface area contributed by atoms with E-state index in [4.69, 9.17) is 9.84 Å². The van der Waals surface area contributed by atoms with Crippen LogP contribution in [0, 0.1) is 5.82 Å². The minimum absolute atomic E-state index is 0.00709. The molecule has 1 aliphatic heterocycles. The van der Waals surface area contributed by atoms with Crippen LogP contribution in [0.5, 0.6) is 0 Å². The highest BCUT2D eigenvalue weighted by Gasteiger charge is 2.17. The molecule has 1 aromatic rings. The van der Waals surface area contributed by atoms with E-state index in [0.29, 0.717) is 6.42 Å². The fourth-order valence-electron chi connectivity index (χ4n) is 2.13. The molecule has 0 saturated carbocycles. The van der Waals surface area contributed by atoms with Crippen LogP contribution in [0.3, 0.4) is 0 Å². The predicted octanol–water partition coefficient (Wildman–Crippen LogP) is 2.42. The van der Waals surface area contributed by atoms with E-state index in [0.717, 1.165) is 25.5 Å². The van der Waals surface area contributed by atoms with Crippen molar-refractivity contribution in [3.8, 4) is 0 Å². The van der Waals surface area contributed by atoms with E-state index >= 15 is 0 Å². The first kappa shape index (κ1) is 14.5. The van der Waals surface area contributed by atoms with Crippen molar-refractivity contribution >= 4 is 17.6 Å². The molecule has 1 amide bonds. The lowest BCUT2D eigenvalue weighted by Gasteiger charge is -2.10. The SMILES string of the molecule is O=C(CCC1CCCO1)Nc1ccc(C(=O)O)cc1F. The van der Waals surface area contributed by atoms with Crippen LogP contribution in [-0.4, -0.2) is 29.7 Å². The van der Waals surface area contributed by atoms with Crippen molar-refractivity contribution < 1.29 is 23.8 Å². The van der Waals surface area contributed by atoms with Gasteiger partial charge in [-0.25, -0.2) is 9.18 Å². The normalized spacial score (nSPS) is 17.9. The van der Waals surface area contributed by atoms with Gasteiger partial charge in [0.25, 0.3) is 0 Å². The van der Waals surface area contributed by atoms with E-state index in [1.807, 2.05) is 0 Å². The number of anilines is 1. The molecule has 5 nitrogen and oxygen atoms in total. The molecule has 1 saturated heterocycles. The second kappa shape index (κ2) is 6.47. The standard InChI is InChI=1S/C14H16FNO4/c15-11-8-9(14(18)19)3-5-12(11)16-13(17)6-4-10-2-1-7-20-10/h3,5,8,10H,1-2,4,6-7H2,(H,16,17)(H,18,19). The van der Waals surface area contributed by atoms with Crippen molar-refractivity contribution in [2.24, 2.45) is 0 Å². The third-order valence-corrected chi connectivity index (χ3v) is 3.21. The Morgan fingerprint density at radius 2 is 2.25 bits per heavy atom. The van der Waals surface area contributed by atoms with Gasteiger partial charge in [0.1, 0.15) is 5.82 Å². The van der Waals surface area contributed by atoms with Crippen LogP contribution in [0.4, 0.5) is 10.1 Å². The number of hydrogen-bond donors (Lipinski definition) is 2. The van der Waals surface area contributed by atoms with Crippen LogP contribution in [0.1, 0.15) is 36.0 Å². The summed E-state index contributed by atoms with van der Waals surface area (Å²) in [6, 6.07) is 3.39. The molecule has 0 aromatic heterocycles. The summed E-state index contributed by atoms with van der Waals surface area (Å²) >= 11 is 0. The Balaban J connectivity index is 1.88. The molecule has 1 fully saturated rings. The second-order valence-corrected chi connectivity index (χ2v) is 4.72. The summed E-state index contributed by atoms with van der Waals surface area (Å²) in [4.78, 5) is 22.4. The largest absolute Gasteiger partial charge is 0.478 e. The van der Waals surface area contributed by atoms with Crippen LogP contribution in [-0.2, 0) is 9.53 Å². The van der Waals surface area contributed by atoms with Crippen LogP contribution >= 0.6 is 0 Å². The van der Waals surface area contributed by atoms with Crippen molar-refractivity contribution in [2.75, 3.05) is 11.9 Å². The van der Waals surface area contributed by atoms with Crippen LogP contribution < -0.4 is 5.32 Å². The molecule has 20 heavy (non-hydrogen) atoms. The van der Waals surface area contributed by atoms with E-state index < -0.39 is 11.8 Å². The first-order valence-electron chi connectivity index (χ1n) is 6.50. The maximum atomic E-state index is 13.6. The highest BCUT2D eigenvalue weighted by molar-refractivity contribution is 5.92. The summed E-state index contributed by atoms with van der Waals surface area (Å²) in [7, 11) is 0. The zero-order chi connectivity index (χ0) is 14.5. The quantitative estimate of drug-likeness (QED) is 0.869. The molecule has 0 bridgehead atoms. The van der Waals surface area contributed by atoms with E-state index in [1.165, 1.54) is 12.1 Å². The lowest BCUT2D eigenvalue weighted by atomic mass is 10.1. The van der Waals surface area contributed by atoms with Gasteiger partial charge in [-0.3, -0.25) is 4.79 Å². The van der Waals surface area contributed by atoms with Gasteiger partial charge in [-0.15, -0.1) is 0 Å². The van der Waals surface area contributed by atoms with Crippen LogP contribution in [0.25, 0.3) is 0 Å². The molecular formula is C14H16FNO4. The average Bonchev–Trinajstić information content (AvgIpc) is 2.91. The van der Waals surface area contributed by atoms with Gasteiger partial charge in [0.2, 0.25) is 5.91 Å². The lowest BCUT2D eigenvalue weighted by Crippen LogP contribution is -2.16. The Hall–Kier alpha value is -1.95. The van der Waals surface area contributed by atoms with E-state index in [9.17, 15) is 14.0 Å². The van der Waals surface area contributed by atoms with Crippen LogP contribution in [0.15, 0.2) is 18.2 Å². The number of nitrogens with one attached hydrogen (secondary N) is 1. The number of carboxylic acids is 1. The van der Waals surface area contributed by atoms with Crippen molar-refractivity contribution in [3.05, 3.63) is 29.6 Å². The van der Waals surface area contributed by atoms with Gasteiger partial charge in [0.15, 0.2) is 0 Å². The van der Waals surface area contributed by atoms with E-state index in [2.05, 4.69) is 5.32 Å². The number of aromatic carboxylic acids is 1. The Morgan fingerprint density at radius 1 is 1.45 bits per heavy atom. The first-order valence-corrected chi connectivity index (χ1v) is 6.50.